The van der Waals surface area contributed by atoms with Crippen LogP contribution in [0.5, 0.6) is 0 Å². The first-order chi connectivity index (χ1) is 10.7. The van der Waals surface area contributed by atoms with Crippen molar-refractivity contribution in [2.75, 3.05) is 26.7 Å². The van der Waals surface area contributed by atoms with E-state index in [-0.39, 0.29) is 24.4 Å². The predicted octanol–water partition coefficient (Wildman–Crippen LogP) is 1.91. The lowest BCUT2D eigenvalue weighted by Crippen LogP contribution is -2.40. The van der Waals surface area contributed by atoms with Gasteiger partial charge in [0.05, 0.1) is 12.3 Å². The highest BCUT2D eigenvalue weighted by Gasteiger charge is 2.27. The molecule has 132 valence electrons. The van der Waals surface area contributed by atoms with Crippen LogP contribution in [0.15, 0.2) is 12.4 Å². The van der Waals surface area contributed by atoms with E-state index in [1.165, 1.54) is 0 Å². The third kappa shape index (κ3) is 5.48. The van der Waals surface area contributed by atoms with Crippen LogP contribution in [0.1, 0.15) is 44.2 Å². The molecule has 2 rings (SSSR count). The maximum atomic E-state index is 12.8. The molecule has 2 atom stereocenters. The summed E-state index contributed by atoms with van der Waals surface area (Å²) in [6, 6.07) is -0.318. The average molecular weight is 345 g/mol. The molecule has 1 aromatic heterocycles. The van der Waals surface area contributed by atoms with Gasteiger partial charge in [-0.1, -0.05) is 6.92 Å². The third-order valence-electron chi connectivity index (χ3n) is 4.14. The van der Waals surface area contributed by atoms with Crippen molar-refractivity contribution in [1.29, 1.82) is 0 Å². The van der Waals surface area contributed by atoms with Gasteiger partial charge in [0.15, 0.2) is 0 Å². The van der Waals surface area contributed by atoms with Crippen molar-refractivity contribution in [3.63, 3.8) is 0 Å². The molecule has 1 aromatic rings. The minimum atomic E-state index is -0.318. The largest absolute Gasteiger partial charge is 0.378 e. The fourth-order valence-electron chi connectivity index (χ4n) is 2.94. The number of amides is 1. The molecule has 1 saturated heterocycles. The van der Waals surface area contributed by atoms with Gasteiger partial charge in [0.1, 0.15) is 6.04 Å². The number of nitrogens with one attached hydrogen (secondary N) is 1. The number of nitrogens with zero attached hydrogens (tertiary/aromatic N) is 3. The van der Waals surface area contributed by atoms with Gasteiger partial charge in [-0.05, 0) is 32.7 Å². The Hall–Kier alpha value is -1.11. The summed E-state index contributed by atoms with van der Waals surface area (Å²) in [6.07, 6.45) is 7.96. The number of hydrogen-bond acceptors (Lipinski definition) is 4. The Morgan fingerprint density at radius 1 is 1.48 bits per heavy atom. The molecule has 2 unspecified atom stereocenters. The topological polar surface area (TPSA) is 59.4 Å². The summed E-state index contributed by atoms with van der Waals surface area (Å²) in [6.45, 7) is 4.51. The Kier molecular flexibility index (Phi) is 8.58. The number of rotatable bonds is 6. The number of carbonyl (C=O) groups excluding carboxylic acids is 1. The summed E-state index contributed by atoms with van der Waals surface area (Å²) < 4.78 is 7.57. The number of ether oxygens (including phenoxy) is 1. The molecular weight excluding hydrogens is 316 g/mol. The first kappa shape index (κ1) is 19.9. The van der Waals surface area contributed by atoms with E-state index in [0.717, 1.165) is 50.9 Å². The third-order valence-corrected chi connectivity index (χ3v) is 4.14. The number of carbonyl (C=O) groups is 1. The predicted molar refractivity (Wildman–Crippen MR) is 92.7 cm³/mol. The second-order valence-electron chi connectivity index (χ2n) is 5.92. The zero-order valence-electron chi connectivity index (χ0n) is 14.3. The molecule has 1 aliphatic rings. The highest BCUT2D eigenvalue weighted by atomic mass is 35.5. The molecule has 1 aliphatic heterocycles. The van der Waals surface area contributed by atoms with Gasteiger partial charge in [-0.2, -0.15) is 5.10 Å². The van der Waals surface area contributed by atoms with Gasteiger partial charge in [0, 0.05) is 38.5 Å². The van der Waals surface area contributed by atoms with Crippen LogP contribution in [0, 0.1) is 0 Å². The Balaban J connectivity index is 0.00000264. The van der Waals surface area contributed by atoms with E-state index in [1.807, 2.05) is 25.2 Å². The van der Waals surface area contributed by atoms with Gasteiger partial charge in [0.25, 0.3) is 0 Å². The number of aromatic nitrogens is 2. The zero-order chi connectivity index (χ0) is 15.9. The smallest absolute Gasteiger partial charge is 0.244 e. The molecule has 1 amide bonds. The van der Waals surface area contributed by atoms with Crippen LogP contribution in [-0.4, -0.2) is 53.4 Å². The van der Waals surface area contributed by atoms with Crippen LogP contribution in [-0.2, 0) is 16.6 Å². The van der Waals surface area contributed by atoms with Crippen LogP contribution in [0.4, 0.5) is 0 Å². The molecular formula is C16H29ClN4O2. The van der Waals surface area contributed by atoms with Crippen LogP contribution in [0.2, 0.25) is 0 Å². The molecule has 0 aromatic carbocycles. The van der Waals surface area contributed by atoms with E-state index in [2.05, 4.69) is 17.3 Å². The van der Waals surface area contributed by atoms with E-state index in [4.69, 9.17) is 4.74 Å². The minimum absolute atomic E-state index is 0. The second kappa shape index (κ2) is 9.90. The van der Waals surface area contributed by atoms with Crippen LogP contribution < -0.4 is 5.32 Å². The van der Waals surface area contributed by atoms with Gasteiger partial charge >= 0.3 is 0 Å². The molecule has 0 bridgehead atoms. The fourth-order valence-corrected chi connectivity index (χ4v) is 2.94. The zero-order valence-corrected chi connectivity index (χ0v) is 15.1. The number of hydrogen-bond donors (Lipinski definition) is 1. The van der Waals surface area contributed by atoms with Crippen LogP contribution in [0.3, 0.4) is 0 Å². The lowest BCUT2D eigenvalue weighted by atomic mass is 10.1. The molecule has 0 radical (unpaired) electrons. The molecule has 1 N–H and O–H groups in total. The highest BCUT2D eigenvalue weighted by molar-refractivity contribution is 5.85. The lowest BCUT2D eigenvalue weighted by Gasteiger charge is -2.25. The van der Waals surface area contributed by atoms with Crippen molar-refractivity contribution >= 4 is 18.3 Å². The molecule has 6 nitrogen and oxygen atoms in total. The Morgan fingerprint density at radius 2 is 2.26 bits per heavy atom. The van der Waals surface area contributed by atoms with Gasteiger partial charge in [-0.3, -0.25) is 9.48 Å². The summed E-state index contributed by atoms with van der Waals surface area (Å²) in [4.78, 5) is 14.8. The summed E-state index contributed by atoms with van der Waals surface area (Å²) in [7, 11) is 3.68. The Morgan fingerprint density at radius 3 is 2.87 bits per heavy atom. The normalized spacial score (nSPS) is 19.8. The average Bonchev–Trinajstić information content (AvgIpc) is 2.80. The highest BCUT2D eigenvalue weighted by Crippen LogP contribution is 2.19. The van der Waals surface area contributed by atoms with E-state index < -0.39 is 0 Å². The molecule has 7 heteroatoms. The molecule has 2 heterocycles. The van der Waals surface area contributed by atoms with Crippen molar-refractivity contribution in [2.24, 2.45) is 7.05 Å². The minimum Gasteiger partial charge on any atom is -0.378 e. The summed E-state index contributed by atoms with van der Waals surface area (Å²) in [5, 5.41) is 7.28. The van der Waals surface area contributed by atoms with Crippen molar-refractivity contribution in [2.45, 2.75) is 44.8 Å². The first-order valence-electron chi connectivity index (χ1n) is 8.22. The maximum Gasteiger partial charge on any atom is 0.244 e. The Labute approximate surface area is 145 Å². The number of likely N-dealkylation sites (N-methyl/N-ethyl adjacent to an activating group) is 1. The number of halogens is 1. The monoisotopic (exact) mass is 344 g/mol. The number of likely N-dealkylation sites (tertiary alicyclic amines) is 1. The summed E-state index contributed by atoms with van der Waals surface area (Å²) >= 11 is 0. The SMILES string of the molecule is CCCOC1CCCN(C(=O)C(NC)c2cnn(C)c2)CC1.Cl. The van der Waals surface area contributed by atoms with Gasteiger partial charge in [0.2, 0.25) is 5.91 Å². The lowest BCUT2D eigenvalue weighted by molar-refractivity contribution is -0.133. The maximum absolute atomic E-state index is 12.8. The Bertz CT molecular complexity index is 480. The van der Waals surface area contributed by atoms with Crippen molar-refractivity contribution in [3.05, 3.63) is 18.0 Å². The van der Waals surface area contributed by atoms with Gasteiger partial charge < -0.3 is 15.0 Å². The number of aryl methyl sites for hydroxylation is 1. The van der Waals surface area contributed by atoms with Crippen LogP contribution in [0.25, 0.3) is 0 Å². The molecule has 0 aliphatic carbocycles. The summed E-state index contributed by atoms with van der Waals surface area (Å²) in [5.74, 6) is 0.131. The van der Waals surface area contributed by atoms with E-state index in [1.54, 1.807) is 10.9 Å². The first-order valence-corrected chi connectivity index (χ1v) is 8.22. The molecule has 0 saturated carbocycles. The van der Waals surface area contributed by atoms with Crippen LogP contribution >= 0.6 is 12.4 Å². The van der Waals surface area contributed by atoms with Crippen molar-refractivity contribution in [1.82, 2.24) is 20.0 Å². The molecule has 23 heavy (non-hydrogen) atoms. The molecule has 1 fully saturated rings. The van der Waals surface area contributed by atoms with E-state index >= 15 is 0 Å². The van der Waals surface area contributed by atoms with Gasteiger partial charge in [-0.15, -0.1) is 12.4 Å². The van der Waals surface area contributed by atoms with E-state index in [0.29, 0.717) is 6.10 Å². The molecule has 0 spiro atoms. The van der Waals surface area contributed by atoms with E-state index in [9.17, 15) is 4.79 Å². The van der Waals surface area contributed by atoms with Gasteiger partial charge in [-0.25, -0.2) is 0 Å². The standard InChI is InChI=1S/C16H28N4O2.ClH/c1-4-10-22-14-6-5-8-20(9-7-14)16(21)15(17-2)13-11-18-19(3)12-13;/h11-12,14-15,17H,4-10H2,1-3H3;1H. The van der Waals surface area contributed by atoms with Crippen molar-refractivity contribution in [3.8, 4) is 0 Å². The quantitative estimate of drug-likeness (QED) is 0.856. The summed E-state index contributed by atoms with van der Waals surface area (Å²) in [5.41, 5.74) is 0.915. The van der Waals surface area contributed by atoms with Crippen molar-refractivity contribution < 1.29 is 9.53 Å². The fraction of sp³-hybridized carbons (Fsp3) is 0.750. The second-order valence-corrected chi connectivity index (χ2v) is 5.92.